The van der Waals surface area contributed by atoms with E-state index in [1.54, 1.807) is 7.05 Å². The molecule has 1 aliphatic rings. The van der Waals surface area contributed by atoms with Crippen LogP contribution in [0.25, 0.3) is 6.08 Å². The summed E-state index contributed by atoms with van der Waals surface area (Å²) in [4.78, 5) is 13.9. The van der Waals surface area contributed by atoms with E-state index in [1.807, 2.05) is 31.2 Å². The molecule has 1 aromatic rings. The molecule has 0 bridgehead atoms. The van der Waals surface area contributed by atoms with Gasteiger partial charge in [-0.15, -0.1) is 0 Å². The van der Waals surface area contributed by atoms with Crippen molar-refractivity contribution in [2.75, 3.05) is 7.05 Å². The lowest BCUT2D eigenvalue weighted by atomic mass is 10.1. The fraction of sp³-hybridized carbons (Fsp3) is 0.167. The van der Waals surface area contributed by atoms with Crippen molar-refractivity contribution in [3.05, 3.63) is 39.3 Å². The summed E-state index contributed by atoms with van der Waals surface area (Å²) in [7, 11) is 1.68. The van der Waals surface area contributed by atoms with Gasteiger partial charge in [-0.25, -0.2) is 0 Å². The normalized spacial score (nSPS) is 18.3. The summed E-state index contributed by atoms with van der Waals surface area (Å²) in [5, 5.41) is 0.670. The lowest BCUT2D eigenvalue weighted by molar-refractivity contribution is -0.121. The van der Waals surface area contributed by atoms with Gasteiger partial charge in [-0.05, 0) is 36.3 Å². The van der Waals surface area contributed by atoms with Gasteiger partial charge in [0.15, 0.2) is 0 Å². The molecule has 0 N–H and O–H groups in total. The van der Waals surface area contributed by atoms with Crippen molar-refractivity contribution in [2.24, 2.45) is 0 Å². The van der Waals surface area contributed by atoms with Gasteiger partial charge in [-0.2, -0.15) is 0 Å². The van der Waals surface area contributed by atoms with Crippen molar-refractivity contribution in [3.8, 4) is 0 Å². The quantitative estimate of drug-likeness (QED) is 0.581. The molecular weight excluding hydrogens is 274 g/mol. The van der Waals surface area contributed by atoms with Crippen molar-refractivity contribution >= 4 is 51.9 Å². The molecular formula is C12H10ClNOS2. The number of rotatable bonds is 1. The summed E-state index contributed by atoms with van der Waals surface area (Å²) in [5.41, 5.74) is 1.99. The number of likely N-dealkylation sites (N-methyl/N-ethyl adjacent to an activating group) is 1. The van der Waals surface area contributed by atoms with Crippen molar-refractivity contribution in [2.45, 2.75) is 6.92 Å². The van der Waals surface area contributed by atoms with Crippen LogP contribution in [0.15, 0.2) is 23.1 Å². The van der Waals surface area contributed by atoms with E-state index in [1.165, 1.54) is 16.7 Å². The molecule has 0 atom stereocenters. The summed E-state index contributed by atoms with van der Waals surface area (Å²) in [6.07, 6.45) is 1.82. The summed E-state index contributed by atoms with van der Waals surface area (Å²) in [6.45, 7) is 1.97. The Morgan fingerprint density at radius 1 is 1.41 bits per heavy atom. The van der Waals surface area contributed by atoms with E-state index < -0.39 is 0 Å². The Labute approximate surface area is 115 Å². The van der Waals surface area contributed by atoms with Crippen LogP contribution in [0.4, 0.5) is 0 Å². The molecule has 0 aliphatic carbocycles. The number of amides is 1. The van der Waals surface area contributed by atoms with Crippen LogP contribution in [0.3, 0.4) is 0 Å². The number of thioether (sulfide) groups is 1. The third-order valence-electron chi connectivity index (χ3n) is 2.35. The van der Waals surface area contributed by atoms with E-state index in [0.717, 1.165) is 11.1 Å². The zero-order valence-electron chi connectivity index (χ0n) is 9.36. The molecule has 5 heteroatoms. The highest BCUT2D eigenvalue weighted by atomic mass is 35.5. The SMILES string of the molecule is Cc1cc(Cl)cc(/C=C2\SC(=S)N(C)C2=O)c1. The van der Waals surface area contributed by atoms with Gasteiger partial charge in [0.1, 0.15) is 4.32 Å². The maximum absolute atomic E-state index is 11.8. The van der Waals surface area contributed by atoms with Crippen LogP contribution in [0.2, 0.25) is 5.02 Å². The maximum Gasteiger partial charge on any atom is 0.265 e. The van der Waals surface area contributed by atoms with Crippen molar-refractivity contribution in [1.29, 1.82) is 0 Å². The predicted octanol–water partition coefficient (Wildman–Crippen LogP) is 3.48. The average Bonchev–Trinajstić information content (AvgIpc) is 2.45. The second-order valence-corrected chi connectivity index (χ2v) is 5.91. The minimum atomic E-state index is -0.0578. The van der Waals surface area contributed by atoms with Crippen molar-refractivity contribution in [3.63, 3.8) is 0 Å². The van der Waals surface area contributed by atoms with Gasteiger partial charge >= 0.3 is 0 Å². The molecule has 0 aromatic heterocycles. The molecule has 88 valence electrons. The predicted molar refractivity (Wildman–Crippen MR) is 77.1 cm³/mol. The molecule has 0 radical (unpaired) electrons. The number of thiocarbonyl (C=S) groups is 1. The summed E-state index contributed by atoms with van der Waals surface area (Å²) >= 11 is 12.4. The topological polar surface area (TPSA) is 20.3 Å². The van der Waals surface area contributed by atoms with Crippen LogP contribution in [0, 0.1) is 6.92 Å². The fourth-order valence-corrected chi connectivity index (χ4v) is 3.02. The Bertz CT molecular complexity index is 519. The van der Waals surface area contributed by atoms with E-state index >= 15 is 0 Å². The molecule has 1 aliphatic heterocycles. The van der Waals surface area contributed by atoms with Gasteiger partial charge in [0, 0.05) is 12.1 Å². The number of carbonyl (C=O) groups is 1. The van der Waals surface area contributed by atoms with Gasteiger partial charge < -0.3 is 0 Å². The Hall–Kier alpha value is -0.840. The smallest absolute Gasteiger partial charge is 0.265 e. The number of aryl methyl sites for hydroxylation is 1. The van der Waals surface area contributed by atoms with E-state index in [0.29, 0.717) is 14.2 Å². The number of halogens is 1. The summed E-state index contributed by atoms with van der Waals surface area (Å²) in [5.74, 6) is -0.0578. The van der Waals surface area contributed by atoms with Gasteiger partial charge in [0.2, 0.25) is 0 Å². The highest BCUT2D eigenvalue weighted by molar-refractivity contribution is 8.26. The Morgan fingerprint density at radius 3 is 2.65 bits per heavy atom. The molecule has 2 nitrogen and oxygen atoms in total. The van der Waals surface area contributed by atoms with Crippen molar-refractivity contribution < 1.29 is 4.79 Å². The van der Waals surface area contributed by atoms with Crippen LogP contribution in [-0.2, 0) is 4.79 Å². The standard InChI is InChI=1S/C12H10ClNOS2/c1-7-3-8(5-9(13)4-7)6-10-11(15)14(2)12(16)17-10/h3-6H,1-2H3/b10-6-. The second-order valence-electron chi connectivity index (χ2n) is 3.80. The van der Waals surface area contributed by atoms with E-state index in [9.17, 15) is 4.79 Å². The second kappa shape index (κ2) is 4.80. The molecule has 1 saturated heterocycles. The van der Waals surface area contributed by atoms with Crippen LogP contribution >= 0.6 is 35.6 Å². The zero-order chi connectivity index (χ0) is 12.6. The number of hydrogen-bond donors (Lipinski definition) is 0. The molecule has 0 unspecified atom stereocenters. The third-order valence-corrected chi connectivity index (χ3v) is 4.05. The van der Waals surface area contributed by atoms with Gasteiger partial charge in [0.05, 0.1) is 4.91 Å². The lowest BCUT2D eigenvalue weighted by Gasteiger charge is -2.03. The Morgan fingerprint density at radius 2 is 2.12 bits per heavy atom. The van der Waals surface area contributed by atoms with E-state index in [-0.39, 0.29) is 5.91 Å². The first-order valence-electron chi connectivity index (χ1n) is 4.96. The van der Waals surface area contributed by atoms with Gasteiger partial charge in [0.25, 0.3) is 5.91 Å². The van der Waals surface area contributed by atoms with E-state index in [2.05, 4.69) is 0 Å². The molecule has 2 rings (SSSR count). The molecule has 1 aromatic carbocycles. The first-order valence-corrected chi connectivity index (χ1v) is 6.56. The molecule has 1 fully saturated rings. The minimum Gasteiger partial charge on any atom is -0.296 e. The number of hydrogen-bond acceptors (Lipinski definition) is 3. The minimum absolute atomic E-state index is 0.0578. The van der Waals surface area contributed by atoms with Crippen molar-refractivity contribution in [1.82, 2.24) is 4.90 Å². The highest BCUT2D eigenvalue weighted by Gasteiger charge is 2.28. The highest BCUT2D eigenvalue weighted by Crippen LogP contribution is 2.31. The maximum atomic E-state index is 11.8. The zero-order valence-corrected chi connectivity index (χ0v) is 11.7. The van der Waals surface area contributed by atoms with Crippen LogP contribution in [0.1, 0.15) is 11.1 Å². The largest absolute Gasteiger partial charge is 0.296 e. The van der Waals surface area contributed by atoms with Gasteiger partial charge in [-0.1, -0.05) is 41.6 Å². The molecule has 17 heavy (non-hydrogen) atoms. The number of nitrogens with zero attached hydrogens (tertiary/aromatic N) is 1. The van der Waals surface area contributed by atoms with Crippen LogP contribution in [-0.4, -0.2) is 22.2 Å². The summed E-state index contributed by atoms with van der Waals surface area (Å²) < 4.78 is 0.583. The van der Waals surface area contributed by atoms with Crippen LogP contribution < -0.4 is 0 Å². The fourth-order valence-electron chi connectivity index (χ4n) is 1.54. The Balaban J connectivity index is 2.37. The number of benzene rings is 1. The monoisotopic (exact) mass is 283 g/mol. The van der Waals surface area contributed by atoms with E-state index in [4.69, 9.17) is 23.8 Å². The summed E-state index contributed by atoms with van der Waals surface area (Å²) in [6, 6.07) is 5.69. The molecule has 1 amide bonds. The van der Waals surface area contributed by atoms with Gasteiger partial charge in [-0.3, -0.25) is 9.69 Å². The first kappa shape index (κ1) is 12.6. The lowest BCUT2D eigenvalue weighted by Crippen LogP contribution is -2.22. The first-order chi connectivity index (χ1) is 7.97. The number of carbonyl (C=O) groups excluding carboxylic acids is 1. The molecule has 0 spiro atoms. The van der Waals surface area contributed by atoms with Crippen LogP contribution in [0.5, 0.6) is 0 Å². The Kier molecular flexibility index (Phi) is 3.56. The third kappa shape index (κ3) is 2.70. The molecule has 0 saturated carbocycles. The molecule has 1 heterocycles. The average molecular weight is 284 g/mol.